The molecule has 1 aliphatic heterocycles. The Labute approximate surface area is 144 Å². The van der Waals surface area contributed by atoms with Crippen LogP contribution in [0.5, 0.6) is 11.5 Å². The van der Waals surface area contributed by atoms with E-state index in [9.17, 15) is 4.79 Å². The van der Waals surface area contributed by atoms with E-state index >= 15 is 0 Å². The molecule has 1 atom stereocenters. The van der Waals surface area contributed by atoms with Gasteiger partial charge in [0, 0.05) is 26.1 Å². The molecule has 2 rings (SSSR count). The Morgan fingerprint density at radius 1 is 1.17 bits per heavy atom. The van der Waals surface area contributed by atoms with Crippen LogP contribution >= 0.6 is 0 Å². The normalized spacial score (nSPS) is 17.6. The van der Waals surface area contributed by atoms with Gasteiger partial charge in [-0.25, -0.2) is 0 Å². The molecule has 24 heavy (non-hydrogen) atoms. The maximum Gasteiger partial charge on any atom is 0.222 e. The molecule has 0 saturated carbocycles. The lowest BCUT2D eigenvalue weighted by Crippen LogP contribution is -2.43. The highest BCUT2D eigenvalue weighted by molar-refractivity contribution is 5.76. The van der Waals surface area contributed by atoms with Crippen LogP contribution in [0, 0.1) is 0 Å². The summed E-state index contributed by atoms with van der Waals surface area (Å²) in [6.07, 6.45) is 3.48. The van der Waals surface area contributed by atoms with Crippen molar-refractivity contribution in [3.63, 3.8) is 0 Å². The Bertz CT molecular complexity index is 504. The largest absolute Gasteiger partial charge is 0.490 e. The van der Waals surface area contributed by atoms with Gasteiger partial charge < -0.3 is 19.1 Å². The molecule has 0 bridgehead atoms. The van der Waals surface area contributed by atoms with Crippen molar-refractivity contribution in [3.8, 4) is 11.5 Å². The number of hydrogen-bond donors (Lipinski definition) is 0. The number of likely N-dealkylation sites (tertiary alicyclic amines) is 1. The molecule has 0 unspecified atom stereocenters. The number of rotatable bonds is 9. The summed E-state index contributed by atoms with van der Waals surface area (Å²) in [6, 6.07) is 7.63. The first-order valence-electron chi connectivity index (χ1n) is 8.98. The summed E-state index contributed by atoms with van der Waals surface area (Å²) in [5, 5.41) is 0. The monoisotopic (exact) mass is 335 g/mol. The first kappa shape index (κ1) is 18.6. The van der Waals surface area contributed by atoms with Crippen molar-refractivity contribution < 1.29 is 19.0 Å². The van der Waals surface area contributed by atoms with E-state index in [-0.39, 0.29) is 12.0 Å². The summed E-state index contributed by atoms with van der Waals surface area (Å²) in [6.45, 7) is 7.34. The molecule has 1 aromatic carbocycles. The minimum atomic E-state index is 0.195. The van der Waals surface area contributed by atoms with Crippen molar-refractivity contribution in [2.45, 2.75) is 45.6 Å². The van der Waals surface area contributed by atoms with Crippen molar-refractivity contribution in [2.24, 2.45) is 0 Å². The minimum Gasteiger partial charge on any atom is -0.490 e. The van der Waals surface area contributed by atoms with Crippen LogP contribution in [0.25, 0.3) is 0 Å². The fraction of sp³-hybridized carbons (Fsp3) is 0.632. The number of ether oxygens (including phenoxy) is 3. The maximum absolute atomic E-state index is 12.3. The van der Waals surface area contributed by atoms with E-state index < -0.39 is 0 Å². The van der Waals surface area contributed by atoms with Gasteiger partial charge >= 0.3 is 0 Å². The molecule has 5 heteroatoms. The van der Waals surface area contributed by atoms with E-state index in [1.165, 1.54) is 0 Å². The van der Waals surface area contributed by atoms with Crippen LogP contribution in [0.4, 0.5) is 0 Å². The zero-order valence-electron chi connectivity index (χ0n) is 14.8. The summed E-state index contributed by atoms with van der Waals surface area (Å²) in [5.74, 6) is 1.68. The van der Waals surface area contributed by atoms with E-state index in [2.05, 4.69) is 0 Å². The second kappa shape index (κ2) is 10.2. The number of piperidine rings is 1. The Kier molecular flexibility index (Phi) is 7.89. The number of hydrogen-bond acceptors (Lipinski definition) is 4. The standard InChI is InChI=1S/C19H29NO4/c1-3-22-16-9-7-13-20(15-16)19(21)12-8-14-24-18-11-6-5-10-17(18)23-4-2/h5-6,10-11,16H,3-4,7-9,12-15H2,1-2H3/t16-/m1/s1. The fourth-order valence-electron chi connectivity index (χ4n) is 2.94. The molecule has 0 aliphatic carbocycles. The average molecular weight is 335 g/mol. The minimum absolute atomic E-state index is 0.195. The van der Waals surface area contributed by atoms with Gasteiger partial charge in [0.25, 0.3) is 0 Å². The van der Waals surface area contributed by atoms with Crippen LogP contribution in [0.1, 0.15) is 39.5 Å². The van der Waals surface area contributed by atoms with Crippen molar-refractivity contribution in [2.75, 3.05) is 32.9 Å². The van der Waals surface area contributed by atoms with Crippen LogP contribution in [0.2, 0.25) is 0 Å². The molecule has 1 aliphatic rings. The van der Waals surface area contributed by atoms with Gasteiger partial charge in [-0.1, -0.05) is 12.1 Å². The van der Waals surface area contributed by atoms with Gasteiger partial charge in [0.05, 0.1) is 19.3 Å². The van der Waals surface area contributed by atoms with Crippen LogP contribution < -0.4 is 9.47 Å². The lowest BCUT2D eigenvalue weighted by Gasteiger charge is -2.32. The van der Waals surface area contributed by atoms with E-state index in [1.807, 2.05) is 43.0 Å². The average Bonchev–Trinajstić information content (AvgIpc) is 2.60. The van der Waals surface area contributed by atoms with Gasteiger partial charge in [-0.15, -0.1) is 0 Å². The van der Waals surface area contributed by atoms with Crippen molar-refractivity contribution in [1.82, 2.24) is 4.90 Å². The quantitative estimate of drug-likeness (QED) is 0.650. The van der Waals surface area contributed by atoms with E-state index in [1.54, 1.807) is 0 Å². The van der Waals surface area contributed by atoms with Crippen LogP contribution in [0.15, 0.2) is 24.3 Å². The first-order valence-corrected chi connectivity index (χ1v) is 8.98. The molecule has 0 aromatic heterocycles. The summed E-state index contributed by atoms with van der Waals surface area (Å²) in [7, 11) is 0. The SMILES string of the molecule is CCOc1ccccc1OCCCC(=O)N1CCC[C@@H](OCC)C1. The number of amides is 1. The number of para-hydroxylation sites is 2. The molecule has 1 fully saturated rings. The molecule has 0 N–H and O–H groups in total. The molecule has 1 heterocycles. The maximum atomic E-state index is 12.3. The Hall–Kier alpha value is -1.75. The molecule has 134 valence electrons. The number of carbonyl (C=O) groups is 1. The molecule has 5 nitrogen and oxygen atoms in total. The van der Waals surface area contributed by atoms with Crippen molar-refractivity contribution >= 4 is 5.91 Å². The fourth-order valence-corrected chi connectivity index (χ4v) is 2.94. The highest BCUT2D eigenvalue weighted by Crippen LogP contribution is 2.26. The second-order valence-electron chi connectivity index (χ2n) is 5.89. The smallest absolute Gasteiger partial charge is 0.222 e. The zero-order chi connectivity index (χ0) is 17.2. The third-order valence-corrected chi connectivity index (χ3v) is 4.07. The molecule has 0 spiro atoms. The van der Waals surface area contributed by atoms with Crippen LogP contribution in [-0.2, 0) is 9.53 Å². The summed E-state index contributed by atoms with van der Waals surface area (Å²) in [5.41, 5.74) is 0. The first-order chi connectivity index (χ1) is 11.7. The van der Waals surface area contributed by atoms with E-state index in [0.717, 1.165) is 37.4 Å². The molecular formula is C19H29NO4. The molecule has 1 saturated heterocycles. The van der Waals surface area contributed by atoms with Gasteiger partial charge in [0.1, 0.15) is 0 Å². The Morgan fingerprint density at radius 2 is 1.92 bits per heavy atom. The number of nitrogens with zero attached hydrogens (tertiary/aromatic N) is 1. The van der Waals surface area contributed by atoms with Crippen molar-refractivity contribution in [3.05, 3.63) is 24.3 Å². The lowest BCUT2D eigenvalue weighted by molar-refractivity contribution is -0.135. The molecule has 1 amide bonds. The summed E-state index contributed by atoms with van der Waals surface area (Å²) < 4.78 is 16.9. The van der Waals surface area contributed by atoms with Gasteiger partial charge in [0.2, 0.25) is 5.91 Å². The molecule has 1 aromatic rings. The number of benzene rings is 1. The highest BCUT2D eigenvalue weighted by Gasteiger charge is 2.23. The van der Waals surface area contributed by atoms with Gasteiger partial charge in [-0.05, 0) is 45.2 Å². The highest BCUT2D eigenvalue weighted by atomic mass is 16.5. The molecular weight excluding hydrogens is 306 g/mol. The predicted octanol–water partition coefficient (Wildman–Crippen LogP) is 3.27. The summed E-state index contributed by atoms with van der Waals surface area (Å²) in [4.78, 5) is 14.2. The van der Waals surface area contributed by atoms with E-state index in [4.69, 9.17) is 14.2 Å². The number of carbonyl (C=O) groups excluding carboxylic acids is 1. The Balaban J connectivity index is 1.71. The van der Waals surface area contributed by atoms with Gasteiger partial charge in [0.15, 0.2) is 11.5 Å². The predicted molar refractivity (Wildman–Crippen MR) is 93.6 cm³/mol. The van der Waals surface area contributed by atoms with E-state index in [0.29, 0.717) is 32.7 Å². The summed E-state index contributed by atoms with van der Waals surface area (Å²) >= 11 is 0. The van der Waals surface area contributed by atoms with Crippen LogP contribution in [0.3, 0.4) is 0 Å². The zero-order valence-corrected chi connectivity index (χ0v) is 14.8. The molecule has 0 radical (unpaired) electrons. The van der Waals surface area contributed by atoms with Crippen LogP contribution in [-0.4, -0.2) is 49.8 Å². The third kappa shape index (κ3) is 5.71. The Morgan fingerprint density at radius 3 is 2.62 bits per heavy atom. The van der Waals surface area contributed by atoms with Gasteiger partial charge in [-0.2, -0.15) is 0 Å². The second-order valence-corrected chi connectivity index (χ2v) is 5.89. The third-order valence-electron chi connectivity index (χ3n) is 4.07. The van der Waals surface area contributed by atoms with Gasteiger partial charge in [-0.3, -0.25) is 4.79 Å². The topological polar surface area (TPSA) is 48.0 Å². The lowest BCUT2D eigenvalue weighted by atomic mass is 10.1. The van der Waals surface area contributed by atoms with Crippen molar-refractivity contribution in [1.29, 1.82) is 0 Å².